The number of carbonyl (C=O) groups excluding carboxylic acids is 4. The zero-order valence-electron chi connectivity index (χ0n) is 74.7. The first kappa shape index (κ1) is 114. The van der Waals surface area contributed by atoms with Crippen molar-refractivity contribution in [3.8, 4) is 0 Å². The highest BCUT2D eigenvalue weighted by Gasteiger charge is 2.42. The first-order valence-electron chi connectivity index (χ1n) is 46.0. The van der Waals surface area contributed by atoms with E-state index < -0.39 is 52.3 Å². The summed E-state index contributed by atoms with van der Waals surface area (Å²) in [6.45, 7) is 37.0. The van der Waals surface area contributed by atoms with Gasteiger partial charge in [0, 0.05) is 29.5 Å². The number of ether oxygens (including phenoxy) is 3. The number of aliphatic carboxylic acids is 2. The molecule has 1 unspecified atom stereocenters. The Kier molecular flexibility index (Phi) is 60.3. The third-order valence-electron chi connectivity index (χ3n) is 29.2. The molecular formula is C91H185B3O14PSi5. The minimum absolute atomic E-state index is 0. The summed E-state index contributed by atoms with van der Waals surface area (Å²) in [5.41, 5.74) is 4.61. The number of hydrogen-bond acceptors (Lipinski definition) is 12. The zero-order valence-corrected chi connectivity index (χ0v) is 80.8. The van der Waals surface area contributed by atoms with Crippen LogP contribution in [0.3, 0.4) is 0 Å². The maximum Gasteiger partial charge on any atom is 0.311 e. The molecule has 0 amide bonds. The Morgan fingerprint density at radius 3 is 0.614 bits per heavy atom. The summed E-state index contributed by atoms with van der Waals surface area (Å²) >= 11 is 0. The molecule has 0 aromatic carbocycles. The van der Waals surface area contributed by atoms with Crippen molar-refractivity contribution >= 4 is 111 Å². The second kappa shape index (κ2) is 60.1. The molecule has 667 valence electrons. The number of rotatable bonds is 34. The van der Waals surface area contributed by atoms with Gasteiger partial charge in [0.05, 0.1) is 97.6 Å². The lowest BCUT2D eigenvalue weighted by molar-refractivity contribution is -0.162. The van der Waals surface area contributed by atoms with Gasteiger partial charge in [0.25, 0.3) is 0 Å². The topological polar surface area (TPSA) is 220 Å². The summed E-state index contributed by atoms with van der Waals surface area (Å²) in [4.78, 5) is 71.1. The highest BCUT2D eigenvalue weighted by Crippen LogP contribution is 2.47. The molecule has 4 N–H and O–H groups in total. The first-order valence-corrected chi connectivity index (χ1v) is 62.9. The fourth-order valence-corrected chi connectivity index (χ4v) is 37.9. The van der Waals surface area contributed by atoms with E-state index in [1.54, 1.807) is 0 Å². The Bertz CT molecular complexity index is 2440. The van der Waals surface area contributed by atoms with Gasteiger partial charge in [-0.2, -0.15) is 0 Å². The van der Waals surface area contributed by atoms with Crippen LogP contribution in [0.5, 0.6) is 0 Å². The van der Waals surface area contributed by atoms with Crippen molar-refractivity contribution < 1.29 is 72.2 Å². The molecule has 8 saturated carbocycles. The Hall–Kier alpha value is -1.55. The standard InChI is InChI=1S/C34H64O4Si2.C21H38O4Si.2C13H28OSi.C8H13O4P.2CH4.3B.3H2/c1-7-9-11-25-39(3,4)31-21-17-29(18-22-31)37-33(35)27-13-15-28(16-14-27)34(36)38-30-19-23-32(24-20-30)40(5,6)26-12-10-8-2;1-4-5-6-15-26(2,3)19-13-11-18(12-14-19)25-21(24)17-9-7-16(8-10-17)20(22)23;2*1-4-5-6-11-15(2,3)13-9-7-12(14)8-10-13;9-7(10)5-1-3-6(4-2-5)8(11)12-13;;;;;;;;/h27-32H,7-26H2,1-6H3;16-19H,4-15H2,1-3H3,(H,22,23);2*12-14H,4-11H2,1-3H3;5-6H,1-4,13H2,(H,9,10);2*1H4;;;;3*1H/i;;;;;;;;;;3*1+1. The highest BCUT2D eigenvalue weighted by molar-refractivity contribution is 7.10. The molecule has 8 aliphatic carbocycles. The van der Waals surface area contributed by atoms with Crippen molar-refractivity contribution in [2.45, 2.75) is 505 Å². The van der Waals surface area contributed by atoms with Gasteiger partial charge in [0.2, 0.25) is 0 Å². The van der Waals surface area contributed by atoms with Crippen molar-refractivity contribution in [1.82, 2.24) is 0 Å². The summed E-state index contributed by atoms with van der Waals surface area (Å²) in [6, 6.07) is 7.33. The largest absolute Gasteiger partial charge is 0.481 e. The molecule has 0 bridgehead atoms. The molecule has 14 nitrogen and oxygen atoms in total. The van der Waals surface area contributed by atoms with Crippen LogP contribution in [0.4, 0.5) is 0 Å². The molecule has 8 fully saturated rings. The maximum atomic E-state index is 13.0. The van der Waals surface area contributed by atoms with E-state index >= 15 is 0 Å². The van der Waals surface area contributed by atoms with Crippen LogP contribution in [0.2, 0.25) is 123 Å². The van der Waals surface area contributed by atoms with Gasteiger partial charge in [0.15, 0.2) is 0 Å². The number of aliphatic hydroxyl groups excluding tert-OH is 2. The number of carboxylic acids is 2. The summed E-state index contributed by atoms with van der Waals surface area (Å²) in [6.07, 6.45) is 52.0. The van der Waals surface area contributed by atoms with Gasteiger partial charge >= 0.3 is 35.8 Å². The van der Waals surface area contributed by atoms with Gasteiger partial charge in [-0.15, -0.1) is 0 Å². The van der Waals surface area contributed by atoms with Crippen LogP contribution in [0, 0.1) is 35.5 Å². The predicted molar refractivity (Wildman–Crippen MR) is 506 cm³/mol. The van der Waals surface area contributed by atoms with E-state index in [2.05, 4.69) is 105 Å². The molecule has 0 aliphatic heterocycles. The Morgan fingerprint density at radius 2 is 0.447 bits per heavy atom. The van der Waals surface area contributed by atoms with Crippen LogP contribution in [0.1, 0.15) is 356 Å². The summed E-state index contributed by atoms with van der Waals surface area (Å²) < 4.78 is 22.4. The molecule has 8 rings (SSSR count). The quantitative estimate of drug-likeness (QED) is 0.0155. The normalized spacial score (nSPS) is 27.9. The van der Waals surface area contributed by atoms with Gasteiger partial charge < -0.3 is 39.2 Å². The molecule has 0 heterocycles. The van der Waals surface area contributed by atoms with Crippen molar-refractivity contribution in [1.29, 1.82) is 0 Å². The SMILES string of the molecule is C.C.CCCCC[Si](C)(C)C1CCC(O)CC1.CCCCC[Si](C)(C)C1CCC(O)CC1.CCCCC[Si](C)(C)C1CCC(OC(=O)C2CCC(C(=O)O)CC2)CC1.CCCCC[Si](C)(C)C1CCC(OC(=O)C2CCC(C(=O)OC3CCC([Si](C)(C)CCCCC)CC3)CC2)CC1.O=C(O)C1CCC(C(=O)OP)CC1.[2HH].[2HH].[2HH].[B].[B].[B]. The summed E-state index contributed by atoms with van der Waals surface area (Å²) in [5.74, 6) is -2.57. The molecule has 114 heavy (non-hydrogen) atoms. The van der Waals surface area contributed by atoms with E-state index in [-0.39, 0.29) is 134 Å². The van der Waals surface area contributed by atoms with E-state index in [1.165, 1.54) is 191 Å². The Morgan fingerprint density at radius 1 is 0.281 bits per heavy atom. The van der Waals surface area contributed by atoms with Crippen molar-refractivity contribution in [2.24, 2.45) is 35.5 Å². The lowest BCUT2D eigenvalue weighted by atomic mass is 9.82. The van der Waals surface area contributed by atoms with Gasteiger partial charge in [-0.25, -0.2) is 0 Å². The van der Waals surface area contributed by atoms with E-state index in [0.29, 0.717) is 51.4 Å². The maximum absolute atomic E-state index is 13.0. The molecule has 0 spiro atoms. The molecule has 1 atom stereocenters. The van der Waals surface area contributed by atoms with E-state index in [1.807, 2.05) is 9.47 Å². The Balaban J connectivity index is -0.000000471. The van der Waals surface area contributed by atoms with Crippen LogP contribution in [-0.2, 0) is 47.5 Å². The van der Waals surface area contributed by atoms with Gasteiger partial charge in [-0.1, -0.05) is 267 Å². The van der Waals surface area contributed by atoms with Crippen LogP contribution in [0.25, 0.3) is 0 Å². The number of unbranched alkanes of at least 4 members (excludes halogenated alkanes) is 10. The molecule has 9 radical (unpaired) electrons. The molecule has 8 aliphatic rings. The minimum atomic E-state index is -1.18. The van der Waals surface area contributed by atoms with Gasteiger partial charge in [0.1, 0.15) is 18.3 Å². The van der Waals surface area contributed by atoms with Crippen LogP contribution < -0.4 is 0 Å². The molecule has 23 heteroatoms. The fraction of sp³-hybridized carbons (Fsp3) is 0.934. The molecule has 0 aromatic rings. The van der Waals surface area contributed by atoms with Crippen LogP contribution in [0.15, 0.2) is 0 Å². The van der Waals surface area contributed by atoms with Crippen molar-refractivity contribution in [3.05, 3.63) is 0 Å². The third kappa shape index (κ3) is 42.5. The van der Waals surface area contributed by atoms with Crippen molar-refractivity contribution in [3.63, 3.8) is 0 Å². The van der Waals surface area contributed by atoms with Crippen LogP contribution in [-0.4, -0.2) is 152 Å². The summed E-state index contributed by atoms with van der Waals surface area (Å²) in [5, 5.41) is 36.8. The second-order valence-electron chi connectivity index (χ2n) is 39.7. The predicted octanol–water partition coefficient (Wildman–Crippen LogP) is 26.4. The monoisotopic (exact) mass is 1710 g/mol. The average molecular weight is 1710 g/mol. The number of carbonyl (C=O) groups is 6. The second-order valence-corrected chi connectivity index (χ2v) is 66.4. The minimum Gasteiger partial charge on any atom is -0.481 e. The third-order valence-corrected chi connectivity index (χ3v) is 51.6. The average Bonchev–Trinajstić information content (AvgIpc) is 1.05. The Labute approximate surface area is 719 Å². The van der Waals surface area contributed by atoms with E-state index in [0.717, 1.165) is 118 Å². The lowest BCUT2D eigenvalue weighted by Gasteiger charge is -2.38. The molecule has 0 aromatic heterocycles. The number of carboxylic acid groups (broad SMARTS) is 2. The van der Waals surface area contributed by atoms with Gasteiger partial charge in [-0.3, -0.25) is 28.8 Å². The molecular weight excluding hydrogens is 1520 g/mol. The smallest absolute Gasteiger partial charge is 0.311 e. The number of esters is 3. The number of hydrogen-bond donors (Lipinski definition) is 4. The molecule has 0 saturated heterocycles. The highest BCUT2D eigenvalue weighted by atomic mass is 31.0. The van der Waals surface area contributed by atoms with Crippen LogP contribution >= 0.6 is 9.47 Å². The first-order chi connectivity index (χ1) is 51.6. The van der Waals surface area contributed by atoms with E-state index in [9.17, 15) is 39.0 Å². The van der Waals surface area contributed by atoms with Crippen molar-refractivity contribution in [2.75, 3.05) is 0 Å². The van der Waals surface area contributed by atoms with E-state index in [4.69, 9.17) is 24.4 Å². The zero-order chi connectivity index (χ0) is 80.8. The summed E-state index contributed by atoms with van der Waals surface area (Å²) in [7, 11) is -3.54. The fourth-order valence-electron chi connectivity index (χ4n) is 20.4. The van der Waals surface area contributed by atoms with Gasteiger partial charge in [-0.05, 0) is 207 Å². The lowest BCUT2D eigenvalue weighted by Crippen LogP contribution is -2.38. The number of aliphatic hydroxyl groups is 2.